The zero-order chi connectivity index (χ0) is 9.97. The smallest absolute Gasteiger partial charge is 0.237 e. The third-order valence-corrected chi connectivity index (χ3v) is 3.16. The van der Waals surface area contributed by atoms with Crippen molar-refractivity contribution in [3.05, 3.63) is 0 Å². The van der Waals surface area contributed by atoms with Crippen molar-refractivity contribution in [2.45, 2.75) is 63.6 Å². The van der Waals surface area contributed by atoms with Gasteiger partial charge in [-0.05, 0) is 32.6 Å². The van der Waals surface area contributed by atoms with Gasteiger partial charge in [-0.1, -0.05) is 12.8 Å². The van der Waals surface area contributed by atoms with Crippen molar-refractivity contribution >= 4 is 5.91 Å². The van der Waals surface area contributed by atoms with Crippen LogP contribution in [0.25, 0.3) is 0 Å². The first kappa shape index (κ1) is 9.97. The molecule has 1 atom stereocenters. The van der Waals surface area contributed by atoms with Gasteiger partial charge in [0.25, 0.3) is 0 Å². The Kier molecular flexibility index (Phi) is 3.06. The SMILES string of the molecule is CC(NC1CC1)C(=O)NC1CCCC1. The van der Waals surface area contributed by atoms with Crippen molar-refractivity contribution < 1.29 is 4.79 Å². The number of nitrogens with one attached hydrogen (secondary N) is 2. The molecule has 1 amide bonds. The molecular weight excluding hydrogens is 176 g/mol. The van der Waals surface area contributed by atoms with Crippen LogP contribution in [0.2, 0.25) is 0 Å². The fourth-order valence-electron chi connectivity index (χ4n) is 2.08. The zero-order valence-electron chi connectivity index (χ0n) is 8.88. The Morgan fingerprint density at radius 3 is 2.36 bits per heavy atom. The number of carbonyl (C=O) groups excluding carboxylic acids is 1. The van der Waals surface area contributed by atoms with E-state index in [1.54, 1.807) is 0 Å². The Balaban J connectivity index is 1.69. The summed E-state index contributed by atoms with van der Waals surface area (Å²) in [6, 6.07) is 1.05. The van der Waals surface area contributed by atoms with Crippen LogP contribution < -0.4 is 10.6 Å². The second kappa shape index (κ2) is 4.30. The number of hydrogen-bond acceptors (Lipinski definition) is 2. The molecule has 2 saturated carbocycles. The Morgan fingerprint density at radius 1 is 1.14 bits per heavy atom. The van der Waals surface area contributed by atoms with Crippen molar-refractivity contribution in [3.8, 4) is 0 Å². The van der Waals surface area contributed by atoms with Crippen LogP contribution in [0, 0.1) is 0 Å². The van der Waals surface area contributed by atoms with Crippen LogP contribution in [-0.2, 0) is 4.79 Å². The lowest BCUT2D eigenvalue weighted by atomic mass is 10.2. The Bertz CT molecular complexity index is 207. The molecule has 2 aliphatic carbocycles. The summed E-state index contributed by atoms with van der Waals surface area (Å²) >= 11 is 0. The molecule has 3 nitrogen and oxygen atoms in total. The Hall–Kier alpha value is -0.570. The van der Waals surface area contributed by atoms with Crippen molar-refractivity contribution in [2.24, 2.45) is 0 Å². The lowest BCUT2D eigenvalue weighted by Crippen LogP contribution is -2.46. The maximum atomic E-state index is 11.7. The van der Waals surface area contributed by atoms with Gasteiger partial charge in [-0.2, -0.15) is 0 Å². The van der Waals surface area contributed by atoms with Crippen LogP contribution in [0.15, 0.2) is 0 Å². The predicted octanol–water partition coefficient (Wildman–Crippen LogP) is 1.19. The van der Waals surface area contributed by atoms with Gasteiger partial charge in [0.05, 0.1) is 6.04 Å². The summed E-state index contributed by atoms with van der Waals surface area (Å²) < 4.78 is 0. The molecule has 0 saturated heterocycles. The first-order valence-corrected chi connectivity index (χ1v) is 5.82. The Labute approximate surface area is 85.6 Å². The van der Waals surface area contributed by atoms with E-state index < -0.39 is 0 Å². The fraction of sp³-hybridized carbons (Fsp3) is 0.909. The molecule has 0 aromatic heterocycles. The van der Waals surface area contributed by atoms with Gasteiger partial charge in [0.1, 0.15) is 0 Å². The molecule has 0 aliphatic heterocycles. The Morgan fingerprint density at radius 2 is 1.79 bits per heavy atom. The highest BCUT2D eigenvalue weighted by atomic mass is 16.2. The first-order valence-electron chi connectivity index (χ1n) is 5.82. The number of carbonyl (C=O) groups is 1. The minimum atomic E-state index is -0.0110. The minimum absolute atomic E-state index is 0.0110. The van der Waals surface area contributed by atoms with E-state index in [0.29, 0.717) is 12.1 Å². The molecule has 0 spiro atoms. The van der Waals surface area contributed by atoms with Crippen molar-refractivity contribution in [2.75, 3.05) is 0 Å². The van der Waals surface area contributed by atoms with Crippen LogP contribution in [-0.4, -0.2) is 24.0 Å². The van der Waals surface area contributed by atoms with E-state index in [1.165, 1.54) is 38.5 Å². The minimum Gasteiger partial charge on any atom is -0.352 e. The van der Waals surface area contributed by atoms with Crippen LogP contribution >= 0.6 is 0 Å². The molecule has 14 heavy (non-hydrogen) atoms. The molecule has 2 fully saturated rings. The number of hydrogen-bond donors (Lipinski definition) is 2. The van der Waals surface area contributed by atoms with Crippen molar-refractivity contribution in [3.63, 3.8) is 0 Å². The van der Waals surface area contributed by atoms with Crippen LogP contribution in [0.3, 0.4) is 0 Å². The lowest BCUT2D eigenvalue weighted by molar-refractivity contribution is -0.123. The fourth-order valence-corrected chi connectivity index (χ4v) is 2.08. The average molecular weight is 196 g/mol. The maximum Gasteiger partial charge on any atom is 0.237 e. The molecule has 3 heteroatoms. The molecule has 0 heterocycles. The summed E-state index contributed by atoms with van der Waals surface area (Å²) in [5.74, 6) is 0.184. The molecule has 0 aromatic rings. The molecule has 0 radical (unpaired) electrons. The lowest BCUT2D eigenvalue weighted by Gasteiger charge is -2.17. The maximum absolute atomic E-state index is 11.7. The summed E-state index contributed by atoms with van der Waals surface area (Å²) in [4.78, 5) is 11.7. The molecule has 2 rings (SSSR count). The molecule has 1 unspecified atom stereocenters. The summed E-state index contributed by atoms with van der Waals surface area (Å²) in [5, 5.41) is 6.43. The van der Waals surface area contributed by atoms with E-state index in [1.807, 2.05) is 6.92 Å². The largest absolute Gasteiger partial charge is 0.352 e. The monoisotopic (exact) mass is 196 g/mol. The zero-order valence-corrected chi connectivity index (χ0v) is 8.88. The average Bonchev–Trinajstić information content (AvgIpc) is 2.81. The van der Waals surface area contributed by atoms with Gasteiger partial charge in [-0.25, -0.2) is 0 Å². The summed E-state index contributed by atoms with van der Waals surface area (Å²) in [6.07, 6.45) is 7.36. The quantitative estimate of drug-likeness (QED) is 0.709. The molecular formula is C11H20N2O. The number of rotatable bonds is 4. The van der Waals surface area contributed by atoms with Crippen molar-refractivity contribution in [1.82, 2.24) is 10.6 Å². The van der Waals surface area contributed by atoms with E-state index in [9.17, 15) is 4.79 Å². The van der Waals surface area contributed by atoms with Gasteiger partial charge >= 0.3 is 0 Å². The van der Waals surface area contributed by atoms with Gasteiger partial charge in [0.15, 0.2) is 0 Å². The van der Waals surface area contributed by atoms with E-state index in [-0.39, 0.29) is 11.9 Å². The van der Waals surface area contributed by atoms with E-state index in [4.69, 9.17) is 0 Å². The van der Waals surface area contributed by atoms with Gasteiger partial charge < -0.3 is 10.6 Å². The second-order valence-corrected chi connectivity index (χ2v) is 4.65. The molecule has 0 bridgehead atoms. The summed E-state index contributed by atoms with van der Waals surface area (Å²) in [7, 11) is 0. The molecule has 2 N–H and O–H groups in total. The molecule has 80 valence electrons. The van der Waals surface area contributed by atoms with E-state index >= 15 is 0 Å². The van der Waals surface area contributed by atoms with Gasteiger partial charge in [-0.15, -0.1) is 0 Å². The molecule has 0 aromatic carbocycles. The molecule has 2 aliphatic rings. The van der Waals surface area contributed by atoms with Gasteiger partial charge in [0.2, 0.25) is 5.91 Å². The predicted molar refractivity (Wildman–Crippen MR) is 56.0 cm³/mol. The summed E-state index contributed by atoms with van der Waals surface area (Å²) in [5.41, 5.74) is 0. The third kappa shape index (κ3) is 2.71. The highest BCUT2D eigenvalue weighted by molar-refractivity contribution is 5.81. The van der Waals surface area contributed by atoms with Crippen LogP contribution in [0.1, 0.15) is 45.4 Å². The van der Waals surface area contributed by atoms with Gasteiger partial charge in [0, 0.05) is 12.1 Å². The highest BCUT2D eigenvalue weighted by Crippen LogP contribution is 2.20. The van der Waals surface area contributed by atoms with E-state index in [0.717, 1.165) is 0 Å². The van der Waals surface area contributed by atoms with E-state index in [2.05, 4.69) is 10.6 Å². The third-order valence-electron chi connectivity index (χ3n) is 3.16. The van der Waals surface area contributed by atoms with Crippen LogP contribution in [0.4, 0.5) is 0 Å². The van der Waals surface area contributed by atoms with Crippen LogP contribution in [0.5, 0.6) is 0 Å². The normalized spacial score (nSPS) is 24.9. The highest BCUT2D eigenvalue weighted by Gasteiger charge is 2.27. The topological polar surface area (TPSA) is 41.1 Å². The summed E-state index contributed by atoms with van der Waals surface area (Å²) in [6.45, 7) is 1.96. The van der Waals surface area contributed by atoms with Crippen molar-refractivity contribution in [1.29, 1.82) is 0 Å². The van der Waals surface area contributed by atoms with Gasteiger partial charge in [-0.3, -0.25) is 4.79 Å². The number of amides is 1. The standard InChI is InChI=1S/C11H20N2O/c1-8(12-10-6-7-10)11(14)13-9-4-2-3-5-9/h8-10,12H,2-7H2,1H3,(H,13,14). The first-order chi connectivity index (χ1) is 6.75. The second-order valence-electron chi connectivity index (χ2n) is 4.65.